The lowest BCUT2D eigenvalue weighted by Crippen LogP contribution is -2.55. The average molecular weight is 302 g/mol. The van der Waals surface area contributed by atoms with Gasteiger partial charge >= 0.3 is 5.97 Å². The predicted molar refractivity (Wildman–Crippen MR) is 87.7 cm³/mol. The fraction of sp³-hybridized carbons (Fsp3) is 0.611. The standard InChI is InChI=1S/C18H26N2O2/c1-18(2,17(21)22-3)15-10-7-11-16-19(12-13-20(15)16)14-8-5-4-6-9-14/h4-6,8-9,15-16H,7,10-13H2,1-3H3. The van der Waals surface area contributed by atoms with Crippen LogP contribution in [0.25, 0.3) is 0 Å². The Labute approximate surface area is 133 Å². The van der Waals surface area contributed by atoms with Gasteiger partial charge in [-0.15, -0.1) is 0 Å². The third-order valence-electron chi connectivity index (χ3n) is 5.31. The van der Waals surface area contributed by atoms with Gasteiger partial charge in [-0.05, 0) is 45.2 Å². The van der Waals surface area contributed by atoms with Crippen LogP contribution in [-0.2, 0) is 9.53 Å². The molecule has 22 heavy (non-hydrogen) atoms. The second kappa shape index (κ2) is 5.92. The van der Waals surface area contributed by atoms with E-state index in [2.05, 4.69) is 40.1 Å². The smallest absolute Gasteiger partial charge is 0.312 e. The fourth-order valence-corrected chi connectivity index (χ4v) is 4.14. The van der Waals surface area contributed by atoms with E-state index in [-0.39, 0.29) is 12.0 Å². The van der Waals surface area contributed by atoms with Gasteiger partial charge in [-0.1, -0.05) is 18.2 Å². The van der Waals surface area contributed by atoms with E-state index in [0.717, 1.165) is 25.9 Å². The molecule has 2 heterocycles. The Balaban J connectivity index is 1.83. The first-order valence-electron chi connectivity index (χ1n) is 8.21. The minimum absolute atomic E-state index is 0.101. The number of benzene rings is 1. The number of ether oxygens (including phenoxy) is 1. The molecule has 0 aromatic heterocycles. The van der Waals surface area contributed by atoms with Gasteiger partial charge in [0, 0.05) is 24.8 Å². The van der Waals surface area contributed by atoms with Crippen LogP contribution in [0, 0.1) is 5.41 Å². The van der Waals surface area contributed by atoms with Crippen LogP contribution in [0.1, 0.15) is 33.1 Å². The molecule has 2 saturated heterocycles. The number of rotatable bonds is 3. The average Bonchev–Trinajstić information content (AvgIpc) is 2.98. The monoisotopic (exact) mass is 302 g/mol. The number of piperidine rings is 1. The highest BCUT2D eigenvalue weighted by Crippen LogP contribution is 2.40. The number of anilines is 1. The summed E-state index contributed by atoms with van der Waals surface area (Å²) >= 11 is 0. The topological polar surface area (TPSA) is 32.8 Å². The highest BCUT2D eigenvalue weighted by Gasteiger charge is 2.48. The van der Waals surface area contributed by atoms with E-state index in [1.807, 2.05) is 13.8 Å². The molecular weight excluding hydrogens is 276 g/mol. The number of carbonyl (C=O) groups excluding carboxylic acids is 1. The van der Waals surface area contributed by atoms with Crippen molar-refractivity contribution in [3.05, 3.63) is 30.3 Å². The summed E-state index contributed by atoms with van der Waals surface area (Å²) in [4.78, 5) is 17.2. The number of hydrogen-bond donors (Lipinski definition) is 0. The highest BCUT2D eigenvalue weighted by atomic mass is 16.5. The molecule has 0 radical (unpaired) electrons. The molecule has 0 saturated carbocycles. The normalized spacial score (nSPS) is 25.9. The Hall–Kier alpha value is -1.55. The number of carbonyl (C=O) groups is 1. The van der Waals surface area contributed by atoms with Crippen molar-refractivity contribution in [2.45, 2.75) is 45.3 Å². The van der Waals surface area contributed by atoms with Crippen molar-refractivity contribution in [2.24, 2.45) is 5.41 Å². The van der Waals surface area contributed by atoms with Crippen molar-refractivity contribution in [3.63, 3.8) is 0 Å². The van der Waals surface area contributed by atoms with Crippen LogP contribution in [0.2, 0.25) is 0 Å². The van der Waals surface area contributed by atoms with Gasteiger partial charge in [0.15, 0.2) is 0 Å². The van der Waals surface area contributed by atoms with E-state index < -0.39 is 5.41 Å². The maximum absolute atomic E-state index is 12.2. The maximum Gasteiger partial charge on any atom is 0.312 e. The van der Waals surface area contributed by atoms with Gasteiger partial charge in [0.05, 0.1) is 18.7 Å². The molecule has 0 spiro atoms. The Morgan fingerprint density at radius 1 is 1.18 bits per heavy atom. The molecule has 0 bridgehead atoms. The van der Waals surface area contributed by atoms with Gasteiger partial charge in [0.25, 0.3) is 0 Å². The second-order valence-corrected chi connectivity index (χ2v) is 6.91. The first-order valence-corrected chi connectivity index (χ1v) is 8.21. The number of nitrogens with zero attached hydrogens (tertiary/aromatic N) is 2. The Kier molecular flexibility index (Phi) is 4.13. The van der Waals surface area contributed by atoms with Crippen molar-refractivity contribution >= 4 is 11.7 Å². The molecular formula is C18H26N2O2. The molecule has 4 heteroatoms. The third-order valence-corrected chi connectivity index (χ3v) is 5.31. The van der Waals surface area contributed by atoms with Crippen molar-refractivity contribution in [3.8, 4) is 0 Å². The van der Waals surface area contributed by atoms with Crippen LogP contribution in [0.3, 0.4) is 0 Å². The summed E-state index contributed by atoms with van der Waals surface area (Å²) < 4.78 is 5.05. The molecule has 120 valence electrons. The fourth-order valence-electron chi connectivity index (χ4n) is 4.14. The SMILES string of the molecule is COC(=O)C(C)(C)C1CCCC2N(c3ccccc3)CCN21. The molecule has 2 atom stereocenters. The van der Waals surface area contributed by atoms with Crippen LogP contribution < -0.4 is 4.90 Å². The third kappa shape index (κ3) is 2.50. The summed E-state index contributed by atoms with van der Waals surface area (Å²) in [5.74, 6) is -0.101. The molecule has 2 aliphatic rings. The summed E-state index contributed by atoms with van der Waals surface area (Å²) in [5.41, 5.74) is 0.826. The highest BCUT2D eigenvalue weighted by molar-refractivity contribution is 5.76. The molecule has 4 nitrogen and oxygen atoms in total. The van der Waals surface area contributed by atoms with E-state index in [1.165, 1.54) is 19.2 Å². The number of para-hydroxylation sites is 1. The number of esters is 1. The summed E-state index contributed by atoms with van der Waals surface area (Å²) in [6.07, 6.45) is 3.81. The van der Waals surface area contributed by atoms with Gasteiger partial charge in [-0.2, -0.15) is 0 Å². The molecule has 0 N–H and O–H groups in total. The molecule has 0 aliphatic carbocycles. The van der Waals surface area contributed by atoms with Crippen LogP contribution in [-0.4, -0.2) is 43.3 Å². The van der Waals surface area contributed by atoms with Crippen LogP contribution in [0.15, 0.2) is 30.3 Å². The van der Waals surface area contributed by atoms with Crippen molar-refractivity contribution in [1.82, 2.24) is 4.90 Å². The van der Waals surface area contributed by atoms with Gasteiger partial charge in [-0.3, -0.25) is 9.69 Å². The zero-order chi connectivity index (χ0) is 15.7. The Morgan fingerprint density at radius 3 is 2.59 bits per heavy atom. The van der Waals surface area contributed by atoms with Crippen LogP contribution in [0.4, 0.5) is 5.69 Å². The van der Waals surface area contributed by atoms with Crippen molar-refractivity contribution in [1.29, 1.82) is 0 Å². The molecule has 2 unspecified atom stereocenters. The van der Waals surface area contributed by atoms with E-state index in [9.17, 15) is 4.79 Å². The zero-order valence-corrected chi connectivity index (χ0v) is 13.8. The van der Waals surface area contributed by atoms with Crippen LogP contribution in [0.5, 0.6) is 0 Å². The molecule has 3 rings (SSSR count). The summed E-state index contributed by atoms with van der Waals surface area (Å²) in [6.45, 7) is 6.10. The molecule has 2 aliphatic heterocycles. The van der Waals surface area contributed by atoms with E-state index in [4.69, 9.17) is 4.74 Å². The molecule has 0 amide bonds. The minimum Gasteiger partial charge on any atom is -0.469 e. The number of fused-ring (bicyclic) bond motifs is 1. The number of methoxy groups -OCH3 is 1. The maximum atomic E-state index is 12.2. The Morgan fingerprint density at radius 2 is 1.91 bits per heavy atom. The van der Waals surface area contributed by atoms with Crippen molar-refractivity contribution in [2.75, 3.05) is 25.1 Å². The number of hydrogen-bond acceptors (Lipinski definition) is 4. The van der Waals surface area contributed by atoms with Gasteiger partial charge in [0.2, 0.25) is 0 Å². The summed E-state index contributed by atoms with van der Waals surface area (Å²) in [6, 6.07) is 10.9. The summed E-state index contributed by atoms with van der Waals surface area (Å²) in [7, 11) is 1.49. The largest absolute Gasteiger partial charge is 0.469 e. The lowest BCUT2D eigenvalue weighted by molar-refractivity contribution is -0.156. The summed E-state index contributed by atoms with van der Waals surface area (Å²) in [5, 5.41) is 0. The zero-order valence-electron chi connectivity index (χ0n) is 13.8. The second-order valence-electron chi connectivity index (χ2n) is 6.91. The lowest BCUT2D eigenvalue weighted by Gasteiger charge is -2.46. The Bertz CT molecular complexity index is 529. The van der Waals surface area contributed by atoms with Gasteiger partial charge in [0.1, 0.15) is 0 Å². The van der Waals surface area contributed by atoms with Crippen molar-refractivity contribution < 1.29 is 9.53 Å². The van der Waals surface area contributed by atoms with E-state index in [1.54, 1.807) is 0 Å². The first-order chi connectivity index (χ1) is 10.6. The van der Waals surface area contributed by atoms with E-state index in [0.29, 0.717) is 6.17 Å². The minimum atomic E-state index is -0.458. The van der Waals surface area contributed by atoms with Gasteiger partial charge < -0.3 is 9.64 Å². The first kappa shape index (κ1) is 15.3. The predicted octanol–water partition coefficient (Wildman–Crippen LogP) is 2.89. The quantitative estimate of drug-likeness (QED) is 0.804. The molecule has 2 fully saturated rings. The lowest BCUT2D eigenvalue weighted by atomic mass is 9.78. The van der Waals surface area contributed by atoms with Crippen LogP contribution >= 0.6 is 0 Å². The van der Waals surface area contributed by atoms with Gasteiger partial charge in [-0.25, -0.2) is 0 Å². The molecule has 1 aromatic rings. The molecule has 1 aromatic carbocycles. The van der Waals surface area contributed by atoms with E-state index >= 15 is 0 Å².